The molecule has 4 nitrogen and oxygen atoms in total. The van der Waals surface area contributed by atoms with E-state index in [9.17, 15) is 0 Å². The zero-order chi connectivity index (χ0) is 41.2. The number of benzene rings is 10. The highest BCUT2D eigenvalue weighted by molar-refractivity contribution is 6.07. The van der Waals surface area contributed by atoms with Crippen molar-refractivity contribution in [2.45, 2.75) is 5.41 Å². The lowest BCUT2D eigenvalue weighted by Gasteiger charge is -2.40. The standard InChI is InChI=1S/C59H34N2O2/c1-3-16-41-35(12-1)25-29-49-56(41)63-57-42-17-4-2-13-36(42)26-30-50(57)59(49)48-21-8-5-18-43(48)44-28-24-40(34-51(44)59)58-60-52-22-9-6-20-46(52)55(61-58)39-15-11-14-37(32-39)38-27-31-54-47(33-38)45-19-7-10-23-53(45)62-54/h1-34H. The van der Waals surface area contributed by atoms with Crippen LogP contribution >= 0.6 is 0 Å². The molecule has 0 radical (unpaired) electrons. The highest BCUT2D eigenvalue weighted by atomic mass is 16.5. The average molecular weight is 803 g/mol. The number of fused-ring (bicyclic) bond motifs is 17. The Bertz CT molecular complexity index is 3830. The summed E-state index contributed by atoms with van der Waals surface area (Å²) in [4.78, 5) is 10.8. The summed E-state index contributed by atoms with van der Waals surface area (Å²) in [6, 6.07) is 73.7. The molecule has 0 saturated heterocycles. The Morgan fingerprint density at radius 2 is 0.968 bits per heavy atom. The molecule has 0 fully saturated rings. The van der Waals surface area contributed by atoms with E-state index in [0.29, 0.717) is 5.82 Å². The van der Waals surface area contributed by atoms with Crippen LogP contribution in [0.15, 0.2) is 211 Å². The van der Waals surface area contributed by atoms with Crippen molar-refractivity contribution in [3.63, 3.8) is 0 Å². The van der Waals surface area contributed by atoms with E-state index < -0.39 is 5.41 Å². The van der Waals surface area contributed by atoms with E-state index in [0.717, 1.165) is 105 Å². The molecule has 2 aliphatic rings. The Hall–Kier alpha value is -8.34. The molecule has 292 valence electrons. The van der Waals surface area contributed by atoms with Crippen molar-refractivity contribution in [1.29, 1.82) is 0 Å². The van der Waals surface area contributed by atoms with Gasteiger partial charge in [-0.25, -0.2) is 9.97 Å². The minimum absolute atomic E-state index is 0.672. The van der Waals surface area contributed by atoms with Gasteiger partial charge >= 0.3 is 0 Å². The molecule has 1 spiro atoms. The minimum atomic E-state index is -0.672. The van der Waals surface area contributed by atoms with E-state index in [1.807, 2.05) is 12.1 Å². The van der Waals surface area contributed by atoms with Crippen LogP contribution in [0.5, 0.6) is 11.5 Å². The van der Waals surface area contributed by atoms with E-state index in [-0.39, 0.29) is 0 Å². The number of hydrogen-bond acceptors (Lipinski definition) is 4. The van der Waals surface area contributed by atoms with Crippen LogP contribution in [0.3, 0.4) is 0 Å². The van der Waals surface area contributed by atoms with Crippen molar-refractivity contribution in [1.82, 2.24) is 9.97 Å². The maximum Gasteiger partial charge on any atom is 0.160 e. The Labute approximate surface area is 362 Å². The van der Waals surface area contributed by atoms with Gasteiger partial charge in [-0.1, -0.05) is 170 Å². The van der Waals surface area contributed by atoms with E-state index in [1.165, 1.54) is 22.3 Å². The lowest BCUT2D eigenvalue weighted by molar-refractivity contribution is 0.447. The van der Waals surface area contributed by atoms with Crippen molar-refractivity contribution < 1.29 is 9.15 Å². The molecule has 0 unspecified atom stereocenters. The summed E-state index contributed by atoms with van der Waals surface area (Å²) in [5.41, 5.74) is 14.2. The number of ether oxygens (including phenoxy) is 1. The van der Waals surface area contributed by atoms with Crippen LogP contribution in [0.25, 0.3) is 99.3 Å². The minimum Gasteiger partial charge on any atom is -0.456 e. The van der Waals surface area contributed by atoms with Crippen LogP contribution in [0, 0.1) is 0 Å². The first-order chi connectivity index (χ1) is 31.2. The molecule has 0 bridgehead atoms. The SMILES string of the molecule is c1cc(-c2ccc3oc4ccccc4c3c2)cc(-c2nc(-c3ccc4c(c3)C3(c5ccccc5-4)c4ccc5ccccc5c4Oc4c3ccc3ccccc43)nc3ccccc23)c1. The predicted octanol–water partition coefficient (Wildman–Crippen LogP) is 15.3. The van der Waals surface area contributed by atoms with Crippen molar-refractivity contribution >= 4 is 54.4 Å². The number of nitrogens with zero attached hydrogens (tertiary/aromatic N) is 2. The van der Waals surface area contributed by atoms with Crippen LogP contribution in [-0.2, 0) is 5.41 Å². The molecular formula is C59H34N2O2. The molecule has 2 aromatic heterocycles. The first-order valence-corrected chi connectivity index (χ1v) is 21.5. The maximum absolute atomic E-state index is 7.20. The first kappa shape index (κ1) is 34.4. The summed E-state index contributed by atoms with van der Waals surface area (Å²) in [5, 5.41) is 7.71. The smallest absolute Gasteiger partial charge is 0.160 e. The van der Waals surface area contributed by atoms with Crippen LogP contribution in [0.4, 0.5) is 0 Å². The molecule has 10 aromatic carbocycles. The molecule has 3 heterocycles. The fraction of sp³-hybridized carbons (Fsp3) is 0.0169. The molecule has 1 aliphatic carbocycles. The summed E-state index contributed by atoms with van der Waals surface area (Å²) in [6.07, 6.45) is 0. The summed E-state index contributed by atoms with van der Waals surface area (Å²) in [6.45, 7) is 0. The number of rotatable bonds is 3. The summed E-state index contributed by atoms with van der Waals surface area (Å²) < 4.78 is 13.4. The molecule has 0 saturated carbocycles. The fourth-order valence-corrected chi connectivity index (χ4v) is 10.7. The molecule has 0 amide bonds. The molecule has 0 N–H and O–H groups in total. The van der Waals surface area contributed by atoms with Gasteiger partial charge in [0.05, 0.1) is 16.6 Å². The zero-order valence-corrected chi connectivity index (χ0v) is 33.8. The third-order valence-corrected chi connectivity index (χ3v) is 13.5. The third kappa shape index (κ3) is 4.80. The Kier molecular flexibility index (Phi) is 7.01. The van der Waals surface area contributed by atoms with Gasteiger partial charge in [-0.15, -0.1) is 0 Å². The number of aromatic nitrogens is 2. The van der Waals surface area contributed by atoms with Gasteiger partial charge in [0.1, 0.15) is 22.7 Å². The van der Waals surface area contributed by atoms with Crippen LogP contribution in [-0.4, -0.2) is 9.97 Å². The molecule has 63 heavy (non-hydrogen) atoms. The second-order valence-corrected chi connectivity index (χ2v) is 16.8. The molecular weight excluding hydrogens is 769 g/mol. The van der Waals surface area contributed by atoms with Crippen molar-refractivity contribution in [2.75, 3.05) is 0 Å². The quantitative estimate of drug-likeness (QED) is 0.179. The normalized spacial score (nSPS) is 13.3. The van der Waals surface area contributed by atoms with Crippen molar-refractivity contribution in [3.8, 4) is 56.4 Å². The van der Waals surface area contributed by atoms with Gasteiger partial charge in [-0.2, -0.15) is 0 Å². The summed E-state index contributed by atoms with van der Waals surface area (Å²) in [7, 11) is 0. The van der Waals surface area contributed by atoms with Gasteiger partial charge in [0.2, 0.25) is 0 Å². The lowest BCUT2D eigenvalue weighted by Crippen LogP contribution is -2.32. The zero-order valence-electron chi connectivity index (χ0n) is 33.8. The van der Waals surface area contributed by atoms with Crippen LogP contribution < -0.4 is 4.74 Å². The van der Waals surface area contributed by atoms with Gasteiger partial charge < -0.3 is 9.15 Å². The highest BCUT2D eigenvalue weighted by Crippen LogP contribution is 2.64. The highest BCUT2D eigenvalue weighted by Gasteiger charge is 2.52. The lowest BCUT2D eigenvalue weighted by atomic mass is 9.65. The van der Waals surface area contributed by atoms with Gasteiger partial charge in [0.25, 0.3) is 0 Å². The second-order valence-electron chi connectivity index (χ2n) is 16.8. The predicted molar refractivity (Wildman–Crippen MR) is 256 cm³/mol. The topological polar surface area (TPSA) is 48.2 Å². The molecule has 0 atom stereocenters. The van der Waals surface area contributed by atoms with E-state index >= 15 is 0 Å². The number of hydrogen-bond donors (Lipinski definition) is 0. The summed E-state index contributed by atoms with van der Waals surface area (Å²) >= 11 is 0. The fourth-order valence-electron chi connectivity index (χ4n) is 10.7. The van der Waals surface area contributed by atoms with E-state index in [1.54, 1.807) is 0 Å². The van der Waals surface area contributed by atoms with Crippen molar-refractivity contribution in [2.24, 2.45) is 0 Å². The molecule has 14 rings (SSSR count). The Morgan fingerprint density at radius 3 is 1.78 bits per heavy atom. The number of furan rings is 1. The monoisotopic (exact) mass is 802 g/mol. The maximum atomic E-state index is 7.20. The molecule has 1 aliphatic heterocycles. The average Bonchev–Trinajstić information content (AvgIpc) is 3.87. The third-order valence-electron chi connectivity index (χ3n) is 13.5. The van der Waals surface area contributed by atoms with Gasteiger partial charge in [0, 0.05) is 49.2 Å². The largest absolute Gasteiger partial charge is 0.456 e. The van der Waals surface area contributed by atoms with Gasteiger partial charge in [-0.05, 0) is 80.6 Å². The first-order valence-electron chi connectivity index (χ1n) is 21.5. The number of para-hydroxylation sites is 2. The van der Waals surface area contributed by atoms with Gasteiger partial charge in [0.15, 0.2) is 5.82 Å². The Balaban J connectivity index is 0.992. The second kappa shape index (κ2) is 12.8. The van der Waals surface area contributed by atoms with Gasteiger partial charge in [-0.3, -0.25) is 0 Å². The van der Waals surface area contributed by atoms with E-state index in [4.69, 9.17) is 19.1 Å². The van der Waals surface area contributed by atoms with Crippen LogP contribution in [0.1, 0.15) is 22.3 Å². The van der Waals surface area contributed by atoms with E-state index in [2.05, 4.69) is 194 Å². The van der Waals surface area contributed by atoms with Crippen LogP contribution in [0.2, 0.25) is 0 Å². The summed E-state index contributed by atoms with van der Waals surface area (Å²) in [5.74, 6) is 2.47. The van der Waals surface area contributed by atoms with Crippen molar-refractivity contribution in [3.05, 3.63) is 229 Å². The Morgan fingerprint density at radius 1 is 0.349 bits per heavy atom. The molecule has 4 heteroatoms. The molecule has 12 aromatic rings.